The molecule has 1 aromatic rings. The van der Waals surface area contributed by atoms with Crippen LogP contribution in [0.1, 0.15) is 31.7 Å². The quantitative estimate of drug-likeness (QED) is 0.781. The lowest BCUT2D eigenvalue weighted by Gasteiger charge is -2.43. The Labute approximate surface area is 154 Å². The summed E-state index contributed by atoms with van der Waals surface area (Å²) in [5.74, 6) is 1.53. The molecule has 4 rings (SSSR count). The van der Waals surface area contributed by atoms with Gasteiger partial charge in [-0.25, -0.2) is 0 Å². The van der Waals surface area contributed by atoms with Crippen molar-refractivity contribution in [2.45, 2.75) is 32.6 Å². The number of amides is 2. The Hall–Kier alpha value is -1.89. The maximum Gasteiger partial charge on any atom is 0.236 e. The van der Waals surface area contributed by atoms with E-state index in [4.69, 9.17) is 0 Å². The second-order valence-electron chi connectivity index (χ2n) is 8.56. The molecule has 7 heteroatoms. The summed E-state index contributed by atoms with van der Waals surface area (Å²) < 4.78 is 0. The number of fused-ring (bicyclic) bond motifs is 1. The van der Waals surface area contributed by atoms with Gasteiger partial charge in [-0.15, -0.1) is 0 Å². The van der Waals surface area contributed by atoms with Crippen LogP contribution in [-0.2, 0) is 16.0 Å². The van der Waals surface area contributed by atoms with Crippen LogP contribution < -0.4 is 5.32 Å². The predicted octanol–water partition coefficient (Wildman–Crippen LogP) is 0.649. The summed E-state index contributed by atoms with van der Waals surface area (Å²) in [5, 5.41) is 9.70. The Bertz CT molecular complexity index is 661. The van der Waals surface area contributed by atoms with E-state index in [0.29, 0.717) is 31.3 Å². The molecule has 3 atom stereocenters. The van der Waals surface area contributed by atoms with Gasteiger partial charge in [-0.1, -0.05) is 6.92 Å². The minimum absolute atomic E-state index is 0.0299. The normalized spacial score (nSPS) is 30.9. The highest BCUT2D eigenvalue weighted by atomic mass is 16.2. The van der Waals surface area contributed by atoms with Crippen molar-refractivity contribution in [1.29, 1.82) is 0 Å². The van der Waals surface area contributed by atoms with Crippen molar-refractivity contribution in [2.24, 2.45) is 17.3 Å². The van der Waals surface area contributed by atoms with Gasteiger partial charge in [-0.3, -0.25) is 19.6 Å². The van der Waals surface area contributed by atoms with Crippen LogP contribution >= 0.6 is 0 Å². The zero-order valence-corrected chi connectivity index (χ0v) is 15.5. The maximum absolute atomic E-state index is 12.7. The molecule has 3 aliphatic rings. The molecule has 7 nitrogen and oxygen atoms in total. The molecule has 0 aromatic carbocycles. The van der Waals surface area contributed by atoms with Gasteiger partial charge in [0.25, 0.3) is 0 Å². The molecule has 0 radical (unpaired) electrons. The van der Waals surface area contributed by atoms with Crippen LogP contribution in [0.3, 0.4) is 0 Å². The maximum atomic E-state index is 12.7. The van der Waals surface area contributed by atoms with Crippen molar-refractivity contribution >= 4 is 11.8 Å². The molecule has 1 aromatic heterocycles. The Balaban J connectivity index is 1.27. The zero-order valence-electron chi connectivity index (χ0n) is 15.5. The van der Waals surface area contributed by atoms with E-state index in [1.807, 2.05) is 4.90 Å². The van der Waals surface area contributed by atoms with Gasteiger partial charge in [0, 0.05) is 37.8 Å². The molecule has 2 N–H and O–H groups in total. The summed E-state index contributed by atoms with van der Waals surface area (Å²) in [6, 6.07) is 0. The molecule has 26 heavy (non-hydrogen) atoms. The molecule has 3 fully saturated rings. The number of carbonyl (C=O) groups is 2. The molecule has 1 aliphatic carbocycles. The van der Waals surface area contributed by atoms with E-state index in [0.717, 1.165) is 38.2 Å². The third-order valence-corrected chi connectivity index (χ3v) is 6.58. The minimum atomic E-state index is 0.0299. The Morgan fingerprint density at radius 2 is 2.27 bits per heavy atom. The van der Waals surface area contributed by atoms with Crippen molar-refractivity contribution < 1.29 is 9.59 Å². The van der Waals surface area contributed by atoms with Gasteiger partial charge in [0.2, 0.25) is 11.8 Å². The molecular weight excluding hydrogens is 330 g/mol. The second-order valence-corrected chi connectivity index (χ2v) is 8.56. The van der Waals surface area contributed by atoms with E-state index in [-0.39, 0.29) is 17.2 Å². The highest BCUT2D eigenvalue weighted by Gasteiger charge is 2.53. The predicted molar refractivity (Wildman–Crippen MR) is 97.3 cm³/mol. The van der Waals surface area contributed by atoms with Gasteiger partial charge in [0.15, 0.2) is 0 Å². The minimum Gasteiger partial charge on any atom is -0.355 e. The summed E-state index contributed by atoms with van der Waals surface area (Å²) in [6.45, 7) is 7.23. The highest BCUT2D eigenvalue weighted by molar-refractivity contribution is 5.79. The van der Waals surface area contributed by atoms with Crippen molar-refractivity contribution in [1.82, 2.24) is 25.3 Å². The molecule has 142 valence electrons. The van der Waals surface area contributed by atoms with Crippen LogP contribution in [-0.4, -0.2) is 71.1 Å². The van der Waals surface area contributed by atoms with Crippen LogP contribution in [0, 0.1) is 17.3 Å². The molecule has 2 aliphatic heterocycles. The average molecular weight is 359 g/mol. The smallest absolute Gasteiger partial charge is 0.236 e. The molecule has 2 amide bonds. The average Bonchev–Trinajstić information content (AvgIpc) is 3.29. The Morgan fingerprint density at radius 3 is 2.92 bits per heavy atom. The fraction of sp³-hybridized carbons (Fsp3) is 0.737. The van der Waals surface area contributed by atoms with E-state index >= 15 is 0 Å². The van der Waals surface area contributed by atoms with Crippen LogP contribution in [0.4, 0.5) is 0 Å². The van der Waals surface area contributed by atoms with Crippen LogP contribution in [0.25, 0.3) is 0 Å². The zero-order chi connectivity index (χ0) is 18.1. The third-order valence-electron chi connectivity index (χ3n) is 6.58. The SMILES string of the molecule is CC1CCN(CC(=O)N2C[C@@H]3CC[C@]3(CNC(=O)Cc3cn[nH]c3)C2)C1. The number of rotatable bonds is 6. The van der Waals surface area contributed by atoms with Crippen molar-refractivity contribution in [3.63, 3.8) is 0 Å². The highest BCUT2D eigenvalue weighted by Crippen LogP contribution is 2.51. The van der Waals surface area contributed by atoms with Crippen LogP contribution in [0.5, 0.6) is 0 Å². The number of aromatic nitrogens is 2. The fourth-order valence-corrected chi connectivity index (χ4v) is 4.80. The third kappa shape index (κ3) is 3.49. The Kier molecular flexibility index (Phi) is 4.73. The topological polar surface area (TPSA) is 81.3 Å². The molecule has 1 saturated carbocycles. The van der Waals surface area contributed by atoms with Gasteiger partial charge < -0.3 is 10.2 Å². The lowest BCUT2D eigenvalue weighted by molar-refractivity contribution is -0.131. The van der Waals surface area contributed by atoms with E-state index in [1.54, 1.807) is 12.4 Å². The number of nitrogens with one attached hydrogen (secondary N) is 2. The van der Waals surface area contributed by atoms with Crippen molar-refractivity contribution in [3.05, 3.63) is 18.0 Å². The van der Waals surface area contributed by atoms with E-state index < -0.39 is 0 Å². The molecule has 1 unspecified atom stereocenters. The van der Waals surface area contributed by atoms with Crippen molar-refractivity contribution in [3.8, 4) is 0 Å². The lowest BCUT2D eigenvalue weighted by Crippen LogP contribution is -2.49. The Morgan fingerprint density at radius 1 is 1.38 bits per heavy atom. The van der Waals surface area contributed by atoms with Crippen LogP contribution in [0.2, 0.25) is 0 Å². The van der Waals surface area contributed by atoms with Gasteiger partial charge >= 0.3 is 0 Å². The largest absolute Gasteiger partial charge is 0.355 e. The standard InChI is InChI=1S/C19H29N5O2/c1-14-3-5-23(9-14)11-18(26)24-10-16-2-4-19(16,13-24)12-20-17(25)6-15-7-21-22-8-15/h7-8,14,16H,2-6,9-13H2,1H3,(H,20,25)(H,21,22)/t14?,16-,19-/m0/s1. The van der Waals surface area contributed by atoms with E-state index in [9.17, 15) is 9.59 Å². The lowest BCUT2D eigenvalue weighted by atomic mass is 9.62. The molecule has 2 saturated heterocycles. The first-order chi connectivity index (χ1) is 12.5. The molecule has 3 heterocycles. The molecular formula is C19H29N5O2. The number of nitrogens with zero attached hydrogens (tertiary/aromatic N) is 3. The van der Waals surface area contributed by atoms with Gasteiger partial charge in [0.1, 0.15) is 0 Å². The van der Waals surface area contributed by atoms with Gasteiger partial charge in [0.05, 0.1) is 19.2 Å². The number of hydrogen-bond acceptors (Lipinski definition) is 4. The summed E-state index contributed by atoms with van der Waals surface area (Å²) in [5.41, 5.74) is 0.994. The first-order valence-corrected chi connectivity index (χ1v) is 9.78. The van der Waals surface area contributed by atoms with Crippen molar-refractivity contribution in [2.75, 3.05) is 39.3 Å². The fourth-order valence-electron chi connectivity index (χ4n) is 4.80. The van der Waals surface area contributed by atoms with E-state index in [1.165, 1.54) is 12.8 Å². The first-order valence-electron chi connectivity index (χ1n) is 9.78. The second kappa shape index (κ2) is 7.02. The molecule has 0 bridgehead atoms. The number of H-pyrrole nitrogens is 1. The number of likely N-dealkylation sites (tertiary alicyclic amines) is 2. The monoisotopic (exact) mass is 359 g/mol. The molecule has 0 spiro atoms. The summed E-state index contributed by atoms with van der Waals surface area (Å²) in [4.78, 5) is 29.2. The summed E-state index contributed by atoms with van der Waals surface area (Å²) in [6.07, 6.45) is 7.25. The number of carbonyl (C=O) groups excluding carboxylic acids is 2. The van der Waals surface area contributed by atoms with E-state index in [2.05, 4.69) is 27.3 Å². The number of aromatic amines is 1. The summed E-state index contributed by atoms with van der Waals surface area (Å²) in [7, 11) is 0. The van der Waals surface area contributed by atoms with Crippen LogP contribution in [0.15, 0.2) is 12.4 Å². The number of hydrogen-bond donors (Lipinski definition) is 2. The van der Waals surface area contributed by atoms with Gasteiger partial charge in [-0.2, -0.15) is 5.10 Å². The summed E-state index contributed by atoms with van der Waals surface area (Å²) >= 11 is 0. The van der Waals surface area contributed by atoms with Gasteiger partial charge in [-0.05, 0) is 43.2 Å². The first kappa shape index (κ1) is 17.5.